The molecule has 1 saturated heterocycles. The molecule has 1 heterocycles. The first-order valence-electron chi connectivity index (χ1n) is 6.75. The topological polar surface area (TPSA) is 30.3 Å². The number of piperazine rings is 1. The molecule has 2 atom stereocenters. The fourth-order valence-corrected chi connectivity index (χ4v) is 3.11. The second-order valence-electron chi connectivity index (χ2n) is 5.12. The van der Waals surface area contributed by atoms with Crippen molar-refractivity contribution in [2.75, 3.05) is 26.7 Å². The molecule has 19 heavy (non-hydrogen) atoms. The van der Waals surface area contributed by atoms with Crippen LogP contribution < -0.4 is 0 Å². The molecule has 0 bridgehead atoms. The van der Waals surface area contributed by atoms with Crippen LogP contribution in [0.15, 0.2) is 28.7 Å². The number of rotatable bonds is 3. The molecule has 1 aromatic carbocycles. The van der Waals surface area contributed by atoms with Gasteiger partial charge in [0.05, 0.1) is 6.07 Å². The minimum atomic E-state index is -0.139. The number of hydrogen-bond acceptors (Lipinski definition) is 3. The van der Waals surface area contributed by atoms with Gasteiger partial charge in [-0.25, -0.2) is 0 Å². The van der Waals surface area contributed by atoms with E-state index in [1.807, 2.05) is 24.3 Å². The first-order valence-corrected chi connectivity index (χ1v) is 7.54. The first-order chi connectivity index (χ1) is 9.15. The number of hydrogen-bond donors (Lipinski definition) is 0. The molecule has 0 N–H and O–H groups in total. The Balaban J connectivity index is 2.17. The largest absolute Gasteiger partial charge is 0.301 e. The minimum absolute atomic E-state index is 0.139. The fourth-order valence-electron chi connectivity index (χ4n) is 2.69. The van der Waals surface area contributed by atoms with Gasteiger partial charge >= 0.3 is 0 Å². The van der Waals surface area contributed by atoms with E-state index in [0.717, 1.165) is 36.1 Å². The Kier molecular flexibility index (Phi) is 4.98. The summed E-state index contributed by atoms with van der Waals surface area (Å²) in [6.07, 6.45) is 1.13. The van der Waals surface area contributed by atoms with Crippen LogP contribution in [0.3, 0.4) is 0 Å². The van der Waals surface area contributed by atoms with Gasteiger partial charge in [0.15, 0.2) is 0 Å². The van der Waals surface area contributed by atoms with Crippen LogP contribution in [0.4, 0.5) is 0 Å². The van der Waals surface area contributed by atoms with Crippen molar-refractivity contribution >= 4 is 15.9 Å². The lowest BCUT2D eigenvalue weighted by atomic mass is 10.0. The van der Waals surface area contributed by atoms with E-state index < -0.39 is 0 Å². The molecule has 1 aliphatic rings. The summed E-state index contributed by atoms with van der Waals surface area (Å²) in [5.74, 6) is 0. The Morgan fingerprint density at radius 1 is 1.47 bits per heavy atom. The zero-order chi connectivity index (χ0) is 13.8. The standard InChI is InChI=1S/C15H20BrN3/c1-3-14-11-19(8-7-18(14)2)15(10-17)12-5-4-6-13(16)9-12/h4-6,9,14-15H,3,7-8,11H2,1-2H3. The third-order valence-electron chi connectivity index (χ3n) is 3.93. The number of nitriles is 1. The van der Waals surface area contributed by atoms with Crippen LogP contribution in [-0.2, 0) is 0 Å². The van der Waals surface area contributed by atoms with E-state index in [1.165, 1.54) is 0 Å². The van der Waals surface area contributed by atoms with Crippen molar-refractivity contribution in [1.82, 2.24) is 9.80 Å². The molecule has 1 aliphatic heterocycles. The quantitative estimate of drug-likeness (QED) is 0.857. The van der Waals surface area contributed by atoms with Crippen molar-refractivity contribution in [2.45, 2.75) is 25.4 Å². The maximum absolute atomic E-state index is 9.53. The summed E-state index contributed by atoms with van der Waals surface area (Å²) >= 11 is 3.48. The smallest absolute Gasteiger partial charge is 0.123 e. The lowest BCUT2D eigenvalue weighted by Crippen LogP contribution is -2.51. The Morgan fingerprint density at radius 2 is 2.26 bits per heavy atom. The highest BCUT2D eigenvalue weighted by Crippen LogP contribution is 2.25. The van der Waals surface area contributed by atoms with Crippen LogP contribution in [-0.4, -0.2) is 42.5 Å². The lowest BCUT2D eigenvalue weighted by molar-refractivity contribution is 0.0773. The highest BCUT2D eigenvalue weighted by atomic mass is 79.9. The number of nitrogens with zero attached hydrogens (tertiary/aromatic N) is 3. The van der Waals surface area contributed by atoms with E-state index in [1.54, 1.807) is 0 Å². The Morgan fingerprint density at radius 3 is 2.89 bits per heavy atom. The first kappa shape index (κ1) is 14.5. The molecule has 0 saturated carbocycles. The monoisotopic (exact) mass is 321 g/mol. The average Bonchev–Trinajstić information content (AvgIpc) is 2.41. The van der Waals surface area contributed by atoms with Crippen LogP contribution in [0.1, 0.15) is 24.9 Å². The van der Waals surface area contributed by atoms with Gasteiger partial charge in [-0.15, -0.1) is 0 Å². The molecular weight excluding hydrogens is 302 g/mol. The molecule has 0 aromatic heterocycles. The van der Waals surface area contributed by atoms with Crippen molar-refractivity contribution < 1.29 is 0 Å². The lowest BCUT2D eigenvalue weighted by Gasteiger charge is -2.41. The van der Waals surface area contributed by atoms with Crippen molar-refractivity contribution in [3.8, 4) is 6.07 Å². The summed E-state index contributed by atoms with van der Waals surface area (Å²) in [5, 5.41) is 9.53. The average molecular weight is 322 g/mol. The van der Waals surface area contributed by atoms with E-state index in [2.05, 4.69) is 45.8 Å². The van der Waals surface area contributed by atoms with E-state index in [4.69, 9.17) is 0 Å². The van der Waals surface area contributed by atoms with Crippen LogP contribution in [0.2, 0.25) is 0 Å². The van der Waals surface area contributed by atoms with Crippen molar-refractivity contribution in [3.63, 3.8) is 0 Å². The van der Waals surface area contributed by atoms with Gasteiger partial charge in [0, 0.05) is 30.1 Å². The summed E-state index contributed by atoms with van der Waals surface area (Å²) in [5.41, 5.74) is 1.08. The molecule has 0 radical (unpaired) electrons. The van der Waals surface area contributed by atoms with Gasteiger partial charge in [0.1, 0.15) is 6.04 Å². The SMILES string of the molecule is CCC1CN(C(C#N)c2cccc(Br)c2)CCN1C. The second kappa shape index (κ2) is 6.51. The van der Waals surface area contributed by atoms with Gasteiger partial charge < -0.3 is 4.90 Å². The predicted octanol–water partition coefficient (Wildman–Crippen LogP) is 3.04. The number of halogens is 1. The minimum Gasteiger partial charge on any atom is -0.301 e. The van der Waals surface area contributed by atoms with Crippen LogP contribution in [0, 0.1) is 11.3 Å². The third kappa shape index (κ3) is 3.36. The predicted molar refractivity (Wildman–Crippen MR) is 80.8 cm³/mol. The highest BCUT2D eigenvalue weighted by molar-refractivity contribution is 9.10. The van der Waals surface area contributed by atoms with E-state index in [9.17, 15) is 5.26 Å². The summed E-state index contributed by atoms with van der Waals surface area (Å²) in [6, 6.07) is 11.0. The van der Waals surface area contributed by atoms with Crippen molar-refractivity contribution in [2.24, 2.45) is 0 Å². The van der Waals surface area contributed by atoms with Crippen molar-refractivity contribution in [3.05, 3.63) is 34.3 Å². The number of likely N-dealkylation sites (N-methyl/N-ethyl adjacent to an activating group) is 1. The molecule has 3 nitrogen and oxygen atoms in total. The number of benzene rings is 1. The van der Waals surface area contributed by atoms with Crippen LogP contribution in [0.5, 0.6) is 0 Å². The molecule has 102 valence electrons. The zero-order valence-corrected chi connectivity index (χ0v) is 13.1. The molecule has 0 spiro atoms. The Hall–Kier alpha value is -0.890. The van der Waals surface area contributed by atoms with Gasteiger partial charge in [-0.1, -0.05) is 35.0 Å². The molecule has 4 heteroatoms. The Bertz CT molecular complexity index is 469. The maximum Gasteiger partial charge on any atom is 0.123 e. The molecule has 2 unspecified atom stereocenters. The van der Waals surface area contributed by atoms with E-state index in [0.29, 0.717) is 6.04 Å². The Labute approximate surface area is 123 Å². The molecule has 0 aliphatic carbocycles. The molecule has 0 amide bonds. The maximum atomic E-state index is 9.53. The normalized spacial score (nSPS) is 22.9. The fraction of sp³-hybridized carbons (Fsp3) is 0.533. The van der Waals surface area contributed by atoms with Crippen molar-refractivity contribution in [1.29, 1.82) is 5.26 Å². The molecule has 2 rings (SSSR count). The third-order valence-corrected chi connectivity index (χ3v) is 4.42. The van der Waals surface area contributed by atoms with E-state index in [-0.39, 0.29) is 6.04 Å². The second-order valence-corrected chi connectivity index (χ2v) is 6.04. The molecular formula is C15H20BrN3. The summed E-state index contributed by atoms with van der Waals surface area (Å²) in [6.45, 7) is 5.17. The van der Waals surface area contributed by atoms with Gasteiger partial charge in [-0.05, 0) is 31.2 Å². The van der Waals surface area contributed by atoms with Crippen LogP contribution >= 0.6 is 15.9 Å². The van der Waals surface area contributed by atoms with Gasteiger partial charge in [0.2, 0.25) is 0 Å². The van der Waals surface area contributed by atoms with Gasteiger partial charge in [0.25, 0.3) is 0 Å². The summed E-state index contributed by atoms with van der Waals surface area (Å²) in [4.78, 5) is 4.70. The van der Waals surface area contributed by atoms with Gasteiger partial charge in [-0.2, -0.15) is 5.26 Å². The highest BCUT2D eigenvalue weighted by Gasteiger charge is 2.28. The summed E-state index contributed by atoms with van der Waals surface area (Å²) in [7, 11) is 2.17. The zero-order valence-electron chi connectivity index (χ0n) is 11.5. The molecule has 1 aromatic rings. The van der Waals surface area contributed by atoms with Crippen LogP contribution in [0.25, 0.3) is 0 Å². The summed E-state index contributed by atoms with van der Waals surface area (Å²) < 4.78 is 1.03. The van der Waals surface area contributed by atoms with E-state index >= 15 is 0 Å². The van der Waals surface area contributed by atoms with Gasteiger partial charge in [-0.3, -0.25) is 4.90 Å². The molecule has 1 fully saturated rings.